The molecule has 2 aliphatic rings. The zero-order valence-corrected chi connectivity index (χ0v) is 18.3. The lowest BCUT2D eigenvalue weighted by molar-refractivity contribution is -0.120. The molecule has 1 aliphatic heterocycles. The van der Waals surface area contributed by atoms with Gasteiger partial charge in [-0.15, -0.1) is 0 Å². The lowest BCUT2D eigenvalue weighted by atomic mass is 9.87. The van der Waals surface area contributed by atoms with Gasteiger partial charge in [0.1, 0.15) is 5.78 Å². The second kappa shape index (κ2) is 7.52. The summed E-state index contributed by atoms with van der Waals surface area (Å²) in [4.78, 5) is 18.1. The lowest BCUT2D eigenvalue weighted by Crippen LogP contribution is -2.23. The molecule has 2 heterocycles. The molecule has 4 nitrogen and oxygen atoms in total. The van der Waals surface area contributed by atoms with Crippen LogP contribution in [-0.4, -0.2) is 17.6 Å². The second-order valence-electron chi connectivity index (χ2n) is 8.98. The SMILES string of the molecule is Cc1cc(-c2ccccc2C(C)C)cnc1CC(=O)C1(c2ccc3c(c2)OCO3)CC1. The fourth-order valence-electron chi connectivity index (χ4n) is 4.57. The van der Waals surface area contributed by atoms with Crippen LogP contribution in [0.2, 0.25) is 0 Å². The summed E-state index contributed by atoms with van der Waals surface area (Å²) >= 11 is 0. The van der Waals surface area contributed by atoms with E-state index in [9.17, 15) is 4.79 Å². The number of carbonyl (C=O) groups is 1. The van der Waals surface area contributed by atoms with E-state index in [1.165, 1.54) is 11.1 Å². The molecule has 1 aliphatic carbocycles. The number of carbonyl (C=O) groups excluding carboxylic acids is 1. The first-order valence-electron chi connectivity index (χ1n) is 11.0. The Morgan fingerprint density at radius 3 is 2.58 bits per heavy atom. The van der Waals surface area contributed by atoms with Gasteiger partial charge in [-0.25, -0.2) is 0 Å². The van der Waals surface area contributed by atoms with Gasteiger partial charge in [-0.1, -0.05) is 44.2 Å². The summed E-state index contributed by atoms with van der Waals surface area (Å²) in [6.07, 6.45) is 4.03. The first kappa shape index (κ1) is 19.8. The highest BCUT2D eigenvalue weighted by Gasteiger charge is 2.51. The van der Waals surface area contributed by atoms with Crippen molar-refractivity contribution in [1.82, 2.24) is 4.98 Å². The number of rotatable bonds is 6. The minimum absolute atomic E-state index is 0.234. The first-order chi connectivity index (χ1) is 15.0. The maximum absolute atomic E-state index is 13.3. The van der Waals surface area contributed by atoms with Gasteiger partial charge < -0.3 is 9.47 Å². The summed E-state index contributed by atoms with van der Waals surface area (Å²) in [6, 6.07) is 16.5. The Bertz CT molecular complexity index is 1160. The number of aryl methyl sites for hydroxylation is 1. The molecule has 0 spiro atoms. The molecule has 4 heteroatoms. The Balaban J connectivity index is 1.39. The van der Waals surface area contributed by atoms with Crippen molar-refractivity contribution in [1.29, 1.82) is 0 Å². The molecule has 5 rings (SSSR count). The van der Waals surface area contributed by atoms with Crippen LogP contribution >= 0.6 is 0 Å². The molecule has 0 atom stereocenters. The maximum Gasteiger partial charge on any atom is 0.231 e. The third-order valence-electron chi connectivity index (χ3n) is 6.62. The quantitative estimate of drug-likeness (QED) is 0.516. The summed E-state index contributed by atoms with van der Waals surface area (Å²) in [5, 5.41) is 0. The highest BCUT2D eigenvalue weighted by atomic mass is 16.7. The van der Waals surface area contributed by atoms with Crippen LogP contribution in [0, 0.1) is 6.92 Å². The summed E-state index contributed by atoms with van der Waals surface area (Å²) in [7, 11) is 0. The van der Waals surface area contributed by atoms with Gasteiger partial charge in [0.05, 0.1) is 11.1 Å². The van der Waals surface area contributed by atoms with E-state index in [0.717, 1.165) is 46.7 Å². The van der Waals surface area contributed by atoms with Crippen molar-refractivity contribution in [2.45, 2.75) is 51.4 Å². The van der Waals surface area contributed by atoms with Crippen molar-refractivity contribution in [3.8, 4) is 22.6 Å². The van der Waals surface area contributed by atoms with Crippen LogP contribution < -0.4 is 9.47 Å². The number of benzene rings is 2. The molecule has 1 saturated carbocycles. The highest BCUT2D eigenvalue weighted by molar-refractivity contribution is 5.94. The van der Waals surface area contributed by atoms with Gasteiger partial charge in [0.25, 0.3) is 0 Å². The van der Waals surface area contributed by atoms with E-state index in [1.54, 1.807) is 0 Å². The molecular formula is C27H27NO3. The average Bonchev–Trinajstić information content (AvgIpc) is 3.46. The van der Waals surface area contributed by atoms with Crippen LogP contribution in [0.1, 0.15) is 55.0 Å². The van der Waals surface area contributed by atoms with Crippen molar-refractivity contribution < 1.29 is 14.3 Å². The number of fused-ring (bicyclic) bond motifs is 1. The molecule has 31 heavy (non-hydrogen) atoms. The van der Waals surface area contributed by atoms with Crippen LogP contribution in [-0.2, 0) is 16.6 Å². The molecule has 0 unspecified atom stereocenters. The zero-order chi connectivity index (χ0) is 21.6. The van der Waals surface area contributed by atoms with Gasteiger partial charge in [0.2, 0.25) is 6.79 Å². The van der Waals surface area contributed by atoms with E-state index in [2.05, 4.69) is 51.1 Å². The molecule has 1 aromatic heterocycles. The van der Waals surface area contributed by atoms with Crippen molar-refractivity contribution >= 4 is 5.78 Å². The van der Waals surface area contributed by atoms with Gasteiger partial charge in [-0.05, 0) is 66.1 Å². The van der Waals surface area contributed by atoms with Crippen LogP contribution in [0.25, 0.3) is 11.1 Å². The minimum atomic E-state index is -0.405. The van der Waals surface area contributed by atoms with Crippen LogP contribution in [0.3, 0.4) is 0 Å². The first-order valence-corrected chi connectivity index (χ1v) is 11.0. The van der Waals surface area contributed by atoms with Crippen LogP contribution in [0.5, 0.6) is 11.5 Å². The van der Waals surface area contributed by atoms with Gasteiger partial charge in [-0.3, -0.25) is 9.78 Å². The molecule has 2 aromatic carbocycles. The third kappa shape index (κ3) is 3.50. The summed E-state index contributed by atoms with van der Waals surface area (Å²) < 4.78 is 10.9. The monoisotopic (exact) mass is 413 g/mol. The molecule has 0 saturated heterocycles. The van der Waals surface area contributed by atoms with E-state index in [4.69, 9.17) is 14.5 Å². The number of hydrogen-bond donors (Lipinski definition) is 0. The molecule has 3 aromatic rings. The molecule has 0 radical (unpaired) electrons. The van der Waals surface area contributed by atoms with E-state index >= 15 is 0 Å². The maximum atomic E-state index is 13.3. The third-order valence-corrected chi connectivity index (χ3v) is 6.62. The lowest BCUT2D eigenvalue weighted by Gasteiger charge is -2.17. The van der Waals surface area contributed by atoms with E-state index in [1.807, 2.05) is 24.4 Å². The second-order valence-corrected chi connectivity index (χ2v) is 8.98. The highest BCUT2D eigenvalue weighted by Crippen LogP contribution is 2.51. The van der Waals surface area contributed by atoms with Gasteiger partial charge in [0, 0.05) is 18.2 Å². The summed E-state index contributed by atoms with van der Waals surface area (Å²) in [5.74, 6) is 2.16. The Morgan fingerprint density at radius 2 is 1.84 bits per heavy atom. The minimum Gasteiger partial charge on any atom is -0.454 e. The Labute approximate surface area is 183 Å². The number of ketones is 1. The molecule has 1 fully saturated rings. The molecule has 0 N–H and O–H groups in total. The largest absolute Gasteiger partial charge is 0.454 e. The van der Waals surface area contributed by atoms with Crippen LogP contribution in [0.15, 0.2) is 54.7 Å². The topological polar surface area (TPSA) is 48.4 Å². The number of nitrogens with zero attached hydrogens (tertiary/aromatic N) is 1. The standard InChI is InChI=1S/C27H27NO3/c1-17(2)21-6-4-5-7-22(21)19-12-18(3)23(28-15-19)14-26(29)27(10-11-27)20-8-9-24-25(13-20)31-16-30-24/h4-9,12-13,15,17H,10-11,14,16H2,1-3H3. The fourth-order valence-corrected chi connectivity index (χ4v) is 4.57. The fraction of sp³-hybridized carbons (Fsp3) is 0.333. The number of Topliss-reactive ketones (excluding diaryl/α,β-unsaturated/α-hetero) is 1. The van der Waals surface area contributed by atoms with Crippen molar-refractivity contribution in [3.63, 3.8) is 0 Å². The number of ether oxygens (including phenoxy) is 2. The normalized spacial score (nSPS) is 15.9. The smallest absolute Gasteiger partial charge is 0.231 e. The predicted molar refractivity (Wildman–Crippen MR) is 121 cm³/mol. The van der Waals surface area contributed by atoms with E-state index in [0.29, 0.717) is 12.3 Å². The predicted octanol–water partition coefficient (Wildman–Crippen LogP) is 5.75. The Morgan fingerprint density at radius 1 is 1.06 bits per heavy atom. The number of pyridine rings is 1. The summed E-state index contributed by atoms with van der Waals surface area (Å²) in [6.45, 7) is 6.71. The zero-order valence-electron chi connectivity index (χ0n) is 18.3. The van der Waals surface area contributed by atoms with Gasteiger partial charge in [-0.2, -0.15) is 0 Å². The molecular weight excluding hydrogens is 386 g/mol. The van der Waals surface area contributed by atoms with Crippen molar-refractivity contribution in [2.75, 3.05) is 6.79 Å². The average molecular weight is 414 g/mol. The van der Waals surface area contributed by atoms with Gasteiger partial charge >= 0.3 is 0 Å². The van der Waals surface area contributed by atoms with Crippen molar-refractivity contribution in [3.05, 3.63) is 77.1 Å². The van der Waals surface area contributed by atoms with Crippen molar-refractivity contribution in [2.24, 2.45) is 0 Å². The number of aromatic nitrogens is 1. The Kier molecular flexibility index (Phi) is 4.81. The summed E-state index contributed by atoms with van der Waals surface area (Å²) in [5.41, 5.74) is 6.18. The Hall–Kier alpha value is -3.14. The van der Waals surface area contributed by atoms with E-state index in [-0.39, 0.29) is 12.6 Å². The van der Waals surface area contributed by atoms with Crippen LogP contribution in [0.4, 0.5) is 0 Å². The number of hydrogen-bond acceptors (Lipinski definition) is 4. The van der Waals surface area contributed by atoms with Gasteiger partial charge in [0.15, 0.2) is 11.5 Å². The molecule has 158 valence electrons. The molecule has 0 amide bonds. The molecule has 0 bridgehead atoms. The van der Waals surface area contributed by atoms with E-state index < -0.39 is 5.41 Å².